The predicted octanol–water partition coefficient (Wildman–Crippen LogP) is 2.19. The third-order valence-corrected chi connectivity index (χ3v) is 2.98. The molecular weight excluding hydrogens is 280 g/mol. The summed E-state index contributed by atoms with van der Waals surface area (Å²) in [5.41, 5.74) is 0.881. The maximum atomic E-state index is 11.8. The Morgan fingerprint density at radius 2 is 2.23 bits per heavy atom. The summed E-state index contributed by atoms with van der Waals surface area (Å²) in [7, 11) is 0. The van der Waals surface area contributed by atoms with Gasteiger partial charge in [-0.1, -0.05) is 6.07 Å². The molecule has 0 unspecified atom stereocenters. The first-order valence-electron chi connectivity index (χ1n) is 6.76. The third kappa shape index (κ3) is 3.29. The molecule has 3 aromatic rings. The van der Waals surface area contributed by atoms with Crippen LogP contribution in [-0.2, 0) is 11.3 Å². The monoisotopic (exact) mass is 294 g/mol. The van der Waals surface area contributed by atoms with Gasteiger partial charge in [-0.05, 0) is 30.3 Å². The maximum Gasteiger partial charge on any atom is 0.244 e. The fourth-order valence-corrected chi connectivity index (χ4v) is 1.95. The van der Waals surface area contributed by atoms with E-state index in [4.69, 9.17) is 4.42 Å². The van der Waals surface area contributed by atoms with Gasteiger partial charge in [0.25, 0.3) is 0 Å². The Balaban J connectivity index is 1.66. The summed E-state index contributed by atoms with van der Waals surface area (Å²) in [4.78, 5) is 16.1. The molecule has 3 rings (SSSR count). The topological polar surface area (TPSA) is 73.0 Å². The van der Waals surface area contributed by atoms with Crippen molar-refractivity contribution in [1.29, 1.82) is 0 Å². The Morgan fingerprint density at radius 3 is 3.00 bits per heavy atom. The van der Waals surface area contributed by atoms with E-state index in [2.05, 4.69) is 15.4 Å². The van der Waals surface area contributed by atoms with Gasteiger partial charge >= 0.3 is 0 Å². The van der Waals surface area contributed by atoms with Crippen molar-refractivity contribution in [3.8, 4) is 5.82 Å². The van der Waals surface area contributed by atoms with Crippen molar-refractivity contribution in [3.63, 3.8) is 0 Å². The van der Waals surface area contributed by atoms with Crippen LogP contribution in [0.4, 0.5) is 0 Å². The quantitative estimate of drug-likeness (QED) is 0.732. The normalized spacial score (nSPS) is 10.9. The van der Waals surface area contributed by atoms with Gasteiger partial charge in [0, 0.05) is 36.8 Å². The zero-order valence-corrected chi connectivity index (χ0v) is 11.7. The first kappa shape index (κ1) is 13.8. The van der Waals surface area contributed by atoms with Gasteiger partial charge in [0.05, 0.1) is 6.26 Å². The largest absolute Gasteiger partial charge is 0.465 e. The Labute approximate surface area is 127 Å². The first-order valence-corrected chi connectivity index (χ1v) is 6.76. The summed E-state index contributed by atoms with van der Waals surface area (Å²) >= 11 is 0. The highest BCUT2D eigenvalue weighted by Crippen LogP contribution is 2.09. The van der Waals surface area contributed by atoms with Crippen LogP contribution in [0.5, 0.6) is 0 Å². The molecule has 0 aliphatic heterocycles. The van der Waals surface area contributed by atoms with E-state index in [1.54, 1.807) is 41.5 Å². The molecule has 0 aromatic carbocycles. The second kappa shape index (κ2) is 6.53. The molecule has 3 heterocycles. The van der Waals surface area contributed by atoms with Gasteiger partial charge in [-0.3, -0.25) is 4.79 Å². The van der Waals surface area contributed by atoms with E-state index in [-0.39, 0.29) is 5.91 Å². The SMILES string of the molecule is O=C(C=Cc1ccco1)NCc1cccnc1-n1cccn1. The van der Waals surface area contributed by atoms with E-state index in [9.17, 15) is 4.79 Å². The van der Waals surface area contributed by atoms with Gasteiger partial charge in [-0.15, -0.1) is 0 Å². The molecule has 3 aromatic heterocycles. The minimum absolute atomic E-state index is 0.202. The average Bonchev–Trinajstić information content (AvgIpc) is 3.24. The molecule has 1 N–H and O–H groups in total. The highest BCUT2D eigenvalue weighted by atomic mass is 16.3. The van der Waals surface area contributed by atoms with E-state index in [1.165, 1.54) is 6.08 Å². The van der Waals surface area contributed by atoms with Crippen LogP contribution in [0.15, 0.2) is 65.7 Å². The molecule has 0 atom stereocenters. The number of rotatable bonds is 5. The van der Waals surface area contributed by atoms with Crippen LogP contribution in [-0.4, -0.2) is 20.7 Å². The van der Waals surface area contributed by atoms with Crippen molar-refractivity contribution >= 4 is 12.0 Å². The minimum Gasteiger partial charge on any atom is -0.465 e. The minimum atomic E-state index is -0.202. The molecular formula is C16H14N4O2. The van der Waals surface area contributed by atoms with Crippen molar-refractivity contribution in [3.05, 3.63) is 72.6 Å². The molecule has 0 aliphatic carbocycles. The molecule has 6 nitrogen and oxygen atoms in total. The van der Waals surface area contributed by atoms with Crippen LogP contribution in [0.25, 0.3) is 11.9 Å². The molecule has 0 saturated heterocycles. The molecule has 0 aliphatic rings. The second-order valence-electron chi connectivity index (χ2n) is 4.50. The molecule has 0 fully saturated rings. The number of carbonyl (C=O) groups is 1. The fourth-order valence-electron chi connectivity index (χ4n) is 1.95. The lowest BCUT2D eigenvalue weighted by atomic mass is 10.2. The van der Waals surface area contributed by atoms with Gasteiger partial charge in [0.15, 0.2) is 5.82 Å². The number of furan rings is 1. The molecule has 0 saturated carbocycles. The lowest BCUT2D eigenvalue weighted by Crippen LogP contribution is -2.21. The van der Waals surface area contributed by atoms with Gasteiger partial charge in [-0.25, -0.2) is 9.67 Å². The summed E-state index contributed by atoms with van der Waals surface area (Å²) in [6.07, 6.45) is 9.80. The van der Waals surface area contributed by atoms with E-state index < -0.39 is 0 Å². The van der Waals surface area contributed by atoms with Crippen molar-refractivity contribution < 1.29 is 9.21 Å². The summed E-state index contributed by atoms with van der Waals surface area (Å²) < 4.78 is 6.79. The van der Waals surface area contributed by atoms with Crippen LogP contribution < -0.4 is 5.32 Å². The van der Waals surface area contributed by atoms with Crippen LogP contribution in [0.1, 0.15) is 11.3 Å². The van der Waals surface area contributed by atoms with E-state index in [0.717, 1.165) is 5.56 Å². The Morgan fingerprint density at radius 1 is 1.27 bits per heavy atom. The summed E-state index contributed by atoms with van der Waals surface area (Å²) in [5, 5.41) is 6.97. The zero-order valence-electron chi connectivity index (χ0n) is 11.7. The Bertz CT molecular complexity index is 761. The number of aromatic nitrogens is 3. The van der Waals surface area contributed by atoms with Crippen LogP contribution in [0.3, 0.4) is 0 Å². The molecule has 0 radical (unpaired) electrons. The number of carbonyl (C=O) groups excluding carboxylic acids is 1. The van der Waals surface area contributed by atoms with E-state index in [0.29, 0.717) is 18.1 Å². The van der Waals surface area contributed by atoms with Crippen molar-refractivity contribution in [2.75, 3.05) is 0 Å². The molecule has 110 valence electrons. The summed E-state index contributed by atoms with van der Waals surface area (Å²) in [6, 6.07) is 9.10. The van der Waals surface area contributed by atoms with E-state index >= 15 is 0 Å². The molecule has 6 heteroatoms. The number of pyridine rings is 1. The number of nitrogens with one attached hydrogen (secondary N) is 1. The Hall–Kier alpha value is -3.15. The van der Waals surface area contributed by atoms with Crippen LogP contribution in [0, 0.1) is 0 Å². The fraction of sp³-hybridized carbons (Fsp3) is 0.0625. The van der Waals surface area contributed by atoms with E-state index in [1.807, 2.05) is 24.4 Å². The number of nitrogens with zero attached hydrogens (tertiary/aromatic N) is 3. The molecule has 0 spiro atoms. The number of hydrogen-bond acceptors (Lipinski definition) is 4. The second-order valence-corrected chi connectivity index (χ2v) is 4.50. The average molecular weight is 294 g/mol. The van der Waals surface area contributed by atoms with Crippen molar-refractivity contribution in [1.82, 2.24) is 20.1 Å². The summed E-state index contributed by atoms with van der Waals surface area (Å²) in [5.74, 6) is 1.13. The lowest BCUT2D eigenvalue weighted by Gasteiger charge is -2.08. The molecule has 1 amide bonds. The summed E-state index contributed by atoms with van der Waals surface area (Å²) in [6.45, 7) is 0.365. The molecule has 0 bridgehead atoms. The maximum absolute atomic E-state index is 11.8. The van der Waals surface area contributed by atoms with Crippen LogP contribution >= 0.6 is 0 Å². The Kier molecular flexibility index (Phi) is 4.10. The highest BCUT2D eigenvalue weighted by molar-refractivity contribution is 5.91. The van der Waals surface area contributed by atoms with Gasteiger partial charge in [0.1, 0.15) is 5.76 Å². The number of hydrogen-bond donors (Lipinski definition) is 1. The van der Waals surface area contributed by atoms with Gasteiger partial charge in [0.2, 0.25) is 5.91 Å². The van der Waals surface area contributed by atoms with Gasteiger partial charge in [-0.2, -0.15) is 5.10 Å². The van der Waals surface area contributed by atoms with Crippen LogP contribution in [0.2, 0.25) is 0 Å². The van der Waals surface area contributed by atoms with Gasteiger partial charge < -0.3 is 9.73 Å². The number of amides is 1. The van der Waals surface area contributed by atoms with Crippen molar-refractivity contribution in [2.24, 2.45) is 0 Å². The predicted molar refractivity (Wildman–Crippen MR) is 80.9 cm³/mol. The zero-order chi connectivity index (χ0) is 15.2. The molecule has 22 heavy (non-hydrogen) atoms. The highest BCUT2D eigenvalue weighted by Gasteiger charge is 2.06. The third-order valence-electron chi connectivity index (χ3n) is 2.98. The first-order chi connectivity index (χ1) is 10.8. The standard InChI is InChI=1S/C16H14N4O2/c21-15(7-6-14-5-2-11-22-14)18-12-13-4-1-8-17-16(13)20-10-3-9-19-20/h1-11H,12H2,(H,18,21). The lowest BCUT2D eigenvalue weighted by molar-refractivity contribution is -0.116. The smallest absolute Gasteiger partial charge is 0.244 e. The van der Waals surface area contributed by atoms with Crippen molar-refractivity contribution in [2.45, 2.75) is 6.54 Å².